The number of phenols is 1. The maximum absolute atomic E-state index is 12.3. The van der Waals surface area contributed by atoms with Crippen molar-refractivity contribution >= 4 is 23.6 Å². The average molecular weight is 316 g/mol. The maximum Gasteiger partial charge on any atom is 0.417 e. The lowest BCUT2D eigenvalue weighted by atomic mass is 10.2. The van der Waals surface area contributed by atoms with Crippen LogP contribution in [0.4, 0.5) is 19.0 Å². The lowest BCUT2D eigenvalue weighted by molar-refractivity contribution is -0.137. The van der Waals surface area contributed by atoms with Crippen LogP contribution in [0.3, 0.4) is 0 Å². The zero-order valence-corrected chi connectivity index (χ0v) is 11.2. The molecule has 21 heavy (non-hydrogen) atoms. The van der Waals surface area contributed by atoms with E-state index < -0.39 is 11.7 Å². The quantitative estimate of drug-likeness (QED) is 0.667. The summed E-state index contributed by atoms with van der Waals surface area (Å²) in [6.07, 6.45) is -2.45. The third kappa shape index (κ3) is 4.09. The molecule has 0 aliphatic heterocycles. The summed E-state index contributed by atoms with van der Waals surface area (Å²) in [6, 6.07) is 6.45. The van der Waals surface area contributed by atoms with Crippen molar-refractivity contribution in [2.24, 2.45) is 5.10 Å². The Bertz CT molecular complexity index is 657. The monoisotopic (exact) mass is 315 g/mol. The Morgan fingerprint density at radius 3 is 2.62 bits per heavy atom. The maximum atomic E-state index is 12.3. The number of hydrogen-bond acceptors (Lipinski definition) is 4. The predicted octanol–water partition coefficient (Wildman–Crippen LogP) is 3.91. The third-order valence-electron chi connectivity index (χ3n) is 2.46. The molecule has 0 unspecified atom stereocenters. The van der Waals surface area contributed by atoms with Gasteiger partial charge in [0.2, 0.25) is 0 Å². The normalized spacial score (nSPS) is 11.8. The van der Waals surface area contributed by atoms with Gasteiger partial charge in [-0.3, -0.25) is 5.43 Å². The van der Waals surface area contributed by atoms with E-state index in [1.54, 1.807) is 0 Å². The summed E-state index contributed by atoms with van der Waals surface area (Å²) >= 11 is 5.76. The zero-order valence-electron chi connectivity index (χ0n) is 10.4. The number of benzene rings is 1. The minimum absolute atomic E-state index is 0.0228. The van der Waals surface area contributed by atoms with Gasteiger partial charge in [0.25, 0.3) is 0 Å². The molecule has 8 heteroatoms. The fraction of sp³-hybridized carbons (Fsp3) is 0.0769. The molecule has 2 rings (SSSR count). The van der Waals surface area contributed by atoms with Gasteiger partial charge in [-0.2, -0.15) is 18.3 Å². The Morgan fingerprint density at radius 2 is 2.00 bits per heavy atom. The highest BCUT2D eigenvalue weighted by molar-refractivity contribution is 6.30. The van der Waals surface area contributed by atoms with Crippen molar-refractivity contribution in [2.45, 2.75) is 6.18 Å². The zero-order chi connectivity index (χ0) is 15.5. The topological polar surface area (TPSA) is 57.5 Å². The van der Waals surface area contributed by atoms with Gasteiger partial charge in [0.1, 0.15) is 11.6 Å². The number of rotatable bonds is 3. The third-order valence-corrected chi connectivity index (χ3v) is 2.70. The van der Waals surface area contributed by atoms with Gasteiger partial charge in [0.05, 0.1) is 11.8 Å². The molecular formula is C13H9ClF3N3O. The molecule has 0 aliphatic carbocycles. The first kappa shape index (κ1) is 15.1. The van der Waals surface area contributed by atoms with E-state index >= 15 is 0 Å². The molecule has 0 aliphatic rings. The minimum atomic E-state index is -4.43. The molecule has 110 valence electrons. The van der Waals surface area contributed by atoms with E-state index in [0.717, 1.165) is 12.1 Å². The molecule has 0 atom stereocenters. The fourth-order valence-corrected chi connectivity index (χ4v) is 1.60. The lowest BCUT2D eigenvalue weighted by Crippen LogP contribution is -2.05. The Hall–Kier alpha value is -2.28. The van der Waals surface area contributed by atoms with Crippen LogP contribution in [-0.2, 0) is 6.18 Å². The largest absolute Gasteiger partial charge is 0.507 e. The van der Waals surface area contributed by atoms with Crippen LogP contribution < -0.4 is 5.43 Å². The summed E-state index contributed by atoms with van der Waals surface area (Å²) in [5.74, 6) is 0.117. The number of pyridine rings is 1. The van der Waals surface area contributed by atoms with Crippen molar-refractivity contribution in [3.8, 4) is 5.75 Å². The molecule has 0 amide bonds. The Balaban J connectivity index is 2.06. The van der Waals surface area contributed by atoms with Crippen molar-refractivity contribution < 1.29 is 18.3 Å². The second-order valence-corrected chi connectivity index (χ2v) is 4.44. The highest BCUT2D eigenvalue weighted by atomic mass is 35.5. The molecule has 0 saturated carbocycles. The van der Waals surface area contributed by atoms with E-state index in [-0.39, 0.29) is 11.6 Å². The number of nitrogens with one attached hydrogen (secondary N) is 1. The number of hydrogen-bond donors (Lipinski definition) is 2. The van der Waals surface area contributed by atoms with Gasteiger partial charge in [-0.15, -0.1) is 0 Å². The van der Waals surface area contributed by atoms with E-state index in [4.69, 9.17) is 11.6 Å². The number of hydrazone groups is 1. The second kappa shape index (κ2) is 6.01. The second-order valence-electron chi connectivity index (χ2n) is 4.00. The lowest BCUT2D eigenvalue weighted by Gasteiger charge is -2.06. The first-order chi connectivity index (χ1) is 9.86. The number of alkyl halides is 3. The highest BCUT2D eigenvalue weighted by Gasteiger charge is 2.30. The summed E-state index contributed by atoms with van der Waals surface area (Å²) in [6.45, 7) is 0. The van der Waals surface area contributed by atoms with Crippen molar-refractivity contribution in [1.29, 1.82) is 0 Å². The molecule has 2 N–H and O–H groups in total. The number of anilines is 1. The first-order valence-corrected chi connectivity index (χ1v) is 6.05. The van der Waals surface area contributed by atoms with Crippen molar-refractivity contribution in [3.63, 3.8) is 0 Å². The van der Waals surface area contributed by atoms with Crippen LogP contribution in [0.1, 0.15) is 11.1 Å². The molecule has 0 radical (unpaired) electrons. The van der Waals surface area contributed by atoms with Gasteiger partial charge in [-0.25, -0.2) is 4.98 Å². The van der Waals surface area contributed by atoms with Crippen molar-refractivity contribution in [3.05, 3.63) is 52.7 Å². The molecule has 0 spiro atoms. The Kier molecular flexibility index (Phi) is 4.32. The molecule has 1 aromatic heterocycles. The van der Waals surface area contributed by atoms with Crippen LogP contribution in [-0.4, -0.2) is 16.3 Å². The molecule has 4 nitrogen and oxygen atoms in total. The average Bonchev–Trinajstić information content (AvgIpc) is 2.42. The number of aromatic nitrogens is 1. The van der Waals surface area contributed by atoms with Crippen LogP contribution in [0.25, 0.3) is 0 Å². The molecule has 0 bridgehead atoms. The van der Waals surface area contributed by atoms with Crippen LogP contribution in [0.2, 0.25) is 5.02 Å². The van der Waals surface area contributed by atoms with Gasteiger partial charge in [-0.1, -0.05) is 11.6 Å². The molecule has 0 saturated heterocycles. The fourth-order valence-electron chi connectivity index (χ4n) is 1.42. The first-order valence-electron chi connectivity index (χ1n) is 5.67. The van der Waals surface area contributed by atoms with Crippen LogP contribution in [0.5, 0.6) is 5.75 Å². The van der Waals surface area contributed by atoms with Crippen LogP contribution in [0, 0.1) is 0 Å². The summed E-state index contributed by atoms with van der Waals surface area (Å²) < 4.78 is 37.0. The van der Waals surface area contributed by atoms with Gasteiger partial charge in [0, 0.05) is 16.8 Å². The van der Waals surface area contributed by atoms with Crippen molar-refractivity contribution in [2.75, 3.05) is 5.43 Å². The summed E-state index contributed by atoms with van der Waals surface area (Å²) in [7, 11) is 0. The number of phenolic OH excluding ortho intramolecular Hbond substituents is 1. The number of halogens is 4. The number of aromatic hydroxyl groups is 1. The SMILES string of the molecule is Oc1ccc(Cl)cc1/C=N\Nc1ccc(C(F)(F)F)cn1. The Labute approximate surface area is 122 Å². The van der Waals surface area contributed by atoms with E-state index in [1.165, 1.54) is 24.4 Å². The molecule has 0 fully saturated rings. The van der Waals surface area contributed by atoms with Gasteiger partial charge >= 0.3 is 6.18 Å². The standard InChI is InChI=1S/C13H9ClF3N3O/c14-10-2-3-11(21)8(5-10)6-19-20-12-4-1-9(7-18-12)13(15,16)17/h1-7,21H,(H,18,20)/b19-6-. The van der Waals surface area contributed by atoms with E-state index in [2.05, 4.69) is 15.5 Å². The van der Waals surface area contributed by atoms with Gasteiger partial charge < -0.3 is 5.11 Å². The highest BCUT2D eigenvalue weighted by Crippen LogP contribution is 2.28. The number of nitrogens with zero attached hydrogens (tertiary/aromatic N) is 2. The smallest absolute Gasteiger partial charge is 0.417 e. The van der Waals surface area contributed by atoms with E-state index in [9.17, 15) is 18.3 Å². The van der Waals surface area contributed by atoms with Crippen molar-refractivity contribution in [1.82, 2.24) is 4.98 Å². The summed E-state index contributed by atoms with van der Waals surface area (Å²) in [5, 5.41) is 13.7. The molecule has 1 aromatic carbocycles. The van der Waals surface area contributed by atoms with Gasteiger partial charge in [0.15, 0.2) is 0 Å². The molecule has 1 heterocycles. The minimum Gasteiger partial charge on any atom is -0.507 e. The molecule has 2 aromatic rings. The van der Waals surface area contributed by atoms with Crippen LogP contribution >= 0.6 is 11.6 Å². The molecular weight excluding hydrogens is 307 g/mol. The van der Waals surface area contributed by atoms with E-state index in [0.29, 0.717) is 16.8 Å². The van der Waals surface area contributed by atoms with Gasteiger partial charge in [-0.05, 0) is 30.3 Å². The van der Waals surface area contributed by atoms with E-state index in [1.807, 2.05) is 0 Å². The summed E-state index contributed by atoms with van der Waals surface area (Å²) in [5.41, 5.74) is 1.98. The Morgan fingerprint density at radius 1 is 1.24 bits per heavy atom. The van der Waals surface area contributed by atoms with Crippen LogP contribution in [0.15, 0.2) is 41.6 Å². The summed E-state index contributed by atoms with van der Waals surface area (Å²) in [4.78, 5) is 3.58. The predicted molar refractivity (Wildman–Crippen MR) is 73.6 cm³/mol.